The zero-order valence-corrected chi connectivity index (χ0v) is 9.47. The molecule has 0 spiro atoms. The lowest BCUT2D eigenvalue weighted by Crippen LogP contribution is -2.12. The maximum Gasteiger partial charge on any atom is 0.269 e. The molecule has 1 unspecified atom stereocenters. The summed E-state index contributed by atoms with van der Waals surface area (Å²) < 4.78 is 0. The lowest BCUT2D eigenvalue weighted by atomic mass is 9.96. The molecule has 0 bridgehead atoms. The molecule has 0 N–H and O–H groups in total. The second-order valence-electron chi connectivity index (χ2n) is 3.85. The van der Waals surface area contributed by atoms with Crippen molar-refractivity contribution in [2.75, 3.05) is 0 Å². The van der Waals surface area contributed by atoms with E-state index in [0.29, 0.717) is 12.8 Å². The number of hydrogen-bond donors (Lipinski definition) is 0. The highest BCUT2D eigenvalue weighted by molar-refractivity contribution is 5.80. The van der Waals surface area contributed by atoms with E-state index in [0.717, 1.165) is 5.56 Å². The van der Waals surface area contributed by atoms with Gasteiger partial charge in [-0.05, 0) is 12.0 Å². The van der Waals surface area contributed by atoms with Crippen LogP contribution in [0.5, 0.6) is 0 Å². The number of nitrogens with zero attached hydrogens (tertiary/aromatic N) is 1. The van der Waals surface area contributed by atoms with Crippen LogP contribution in [0.3, 0.4) is 0 Å². The molecule has 0 saturated heterocycles. The first-order valence-corrected chi connectivity index (χ1v) is 5.30. The van der Waals surface area contributed by atoms with Gasteiger partial charge in [0, 0.05) is 24.5 Å². The zero-order chi connectivity index (χ0) is 12.1. The summed E-state index contributed by atoms with van der Waals surface area (Å²) in [4.78, 5) is 21.5. The third-order valence-corrected chi connectivity index (χ3v) is 2.56. The Kier molecular flexibility index (Phi) is 4.17. The zero-order valence-electron chi connectivity index (χ0n) is 9.47. The standard InChI is InChI=1S/C12H15NO3/c1-3-12(14)9(2)7-10-5-4-6-11(8-10)13(15)16/h4-6,8-9H,3,7H2,1-2H3. The molecule has 0 aliphatic rings. The maximum absolute atomic E-state index is 11.4. The van der Waals surface area contributed by atoms with Gasteiger partial charge in [-0.25, -0.2) is 0 Å². The summed E-state index contributed by atoms with van der Waals surface area (Å²) in [7, 11) is 0. The molecule has 0 aliphatic carbocycles. The molecule has 86 valence electrons. The van der Waals surface area contributed by atoms with Gasteiger partial charge in [0.25, 0.3) is 5.69 Å². The van der Waals surface area contributed by atoms with Crippen molar-refractivity contribution in [1.82, 2.24) is 0 Å². The Bertz CT molecular complexity index is 401. The fraction of sp³-hybridized carbons (Fsp3) is 0.417. The van der Waals surface area contributed by atoms with Crippen LogP contribution >= 0.6 is 0 Å². The number of benzene rings is 1. The van der Waals surface area contributed by atoms with E-state index in [1.807, 2.05) is 19.9 Å². The highest BCUT2D eigenvalue weighted by Crippen LogP contribution is 2.17. The first kappa shape index (κ1) is 12.4. The van der Waals surface area contributed by atoms with Crippen LogP contribution < -0.4 is 0 Å². The molecular formula is C12H15NO3. The van der Waals surface area contributed by atoms with Gasteiger partial charge in [-0.2, -0.15) is 0 Å². The van der Waals surface area contributed by atoms with Crippen LogP contribution in [0.1, 0.15) is 25.8 Å². The van der Waals surface area contributed by atoms with Gasteiger partial charge in [-0.15, -0.1) is 0 Å². The second-order valence-corrected chi connectivity index (χ2v) is 3.85. The van der Waals surface area contributed by atoms with Crippen molar-refractivity contribution in [2.24, 2.45) is 5.92 Å². The SMILES string of the molecule is CCC(=O)C(C)Cc1cccc([N+](=O)[O-])c1. The Morgan fingerprint density at radius 1 is 1.50 bits per heavy atom. The van der Waals surface area contributed by atoms with Gasteiger partial charge in [0.05, 0.1) is 4.92 Å². The van der Waals surface area contributed by atoms with Crippen LogP contribution in [0.15, 0.2) is 24.3 Å². The van der Waals surface area contributed by atoms with Gasteiger partial charge in [-0.3, -0.25) is 14.9 Å². The topological polar surface area (TPSA) is 60.2 Å². The molecule has 1 aromatic carbocycles. The van der Waals surface area contributed by atoms with E-state index in [4.69, 9.17) is 0 Å². The van der Waals surface area contributed by atoms with Crippen molar-refractivity contribution >= 4 is 11.5 Å². The third kappa shape index (κ3) is 3.15. The van der Waals surface area contributed by atoms with Crippen LogP contribution in [-0.4, -0.2) is 10.7 Å². The Morgan fingerprint density at radius 2 is 2.19 bits per heavy atom. The van der Waals surface area contributed by atoms with Gasteiger partial charge >= 0.3 is 0 Å². The van der Waals surface area contributed by atoms with Crippen molar-refractivity contribution in [3.05, 3.63) is 39.9 Å². The Balaban J connectivity index is 2.78. The minimum absolute atomic E-state index is 0.0768. The van der Waals surface area contributed by atoms with Crippen LogP contribution in [0.25, 0.3) is 0 Å². The largest absolute Gasteiger partial charge is 0.299 e. The van der Waals surface area contributed by atoms with Gasteiger partial charge < -0.3 is 0 Å². The summed E-state index contributed by atoms with van der Waals surface area (Å²) in [5.41, 5.74) is 0.914. The van der Waals surface area contributed by atoms with Crippen molar-refractivity contribution in [3.8, 4) is 0 Å². The number of nitro groups is 1. The summed E-state index contributed by atoms with van der Waals surface area (Å²) >= 11 is 0. The van der Waals surface area contributed by atoms with Gasteiger partial charge in [0.1, 0.15) is 5.78 Å². The quantitative estimate of drug-likeness (QED) is 0.567. The first-order valence-electron chi connectivity index (χ1n) is 5.30. The predicted molar refractivity (Wildman–Crippen MR) is 61.3 cm³/mol. The van der Waals surface area contributed by atoms with Gasteiger partial charge in [0.15, 0.2) is 0 Å². The number of nitro benzene ring substituents is 1. The molecule has 0 radical (unpaired) electrons. The molecule has 0 amide bonds. The molecule has 4 heteroatoms. The predicted octanol–water partition coefficient (Wildman–Crippen LogP) is 2.75. The van der Waals surface area contributed by atoms with E-state index in [1.54, 1.807) is 6.07 Å². The Hall–Kier alpha value is -1.71. The third-order valence-electron chi connectivity index (χ3n) is 2.56. The van der Waals surface area contributed by atoms with E-state index in [1.165, 1.54) is 12.1 Å². The van der Waals surface area contributed by atoms with E-state index >= 15 is 0 Å². The first-order chi connectivity index (χ1) is 7.54. The van der Waals surface area contributed by atoms with Crippen molar-refractivity contribution in [2.45, 2.75) is 26.7 Å². The van der Waals surface area contributed by atoms with E-state index in [9.17, 15) is 14.9 Å². The smallest absolute Gasteiger partial charge is 0.269 e. The minimum Gasteiger partial charge on any atom is -0.299 e. The lowest BCUT2D eigenvalue weighted by Gasteiger charge is -2.08. The van der Waals surface area contributed by atoms with Gasteiger partial charge in [0.2, 0.25) is 0 Å². The molecule has 0 fully saturated rings. The number of non-ortho nitro benzene ring substituents is 1. The molecule has 16 heavy (non-hydrogen) atoms. The average Bonchev–Trinajstić information content (AvgIpc) is 2.28. The molecule has 0 aromatic heterocycles. The molecule has 4 nitrogen and oxygen atoms in total. The normalized spacial score (nSPS) is 12.1. The molecule has 1 rings (SSSR count). The molecule has 1 aromatic rings. The number of rotatable bonds is 5. The summed E-state index contributed by atoms with van der Waals surface area (Å²) in [6.07, 6.45) is 1.07. The van der Waals surface area contributed by atoms with Crippen LogP contribution in [-0.2, 0) is 11.2 Å². The summed E-state index contributed by atoms with van der Waals surface area (Å²) in [6.45, 7) is 3.68. The molecule has 0 heterocycles. The van der Waals surface area contributed by atoms with Crippen LogP contribution in [0.2, 0.25) is 0 Å². The molecule has 0 aliphatic heterocycles. The van der Waals surface area contributed by atoms with Gasteiger partial charge in [-0.1, -0.05) is 26.0 Å². The second kappa shape index (κ2) is 5.39. The number of carbonyl (C=O) groups excluding carboxylic acids is 1. The fourth-order valence-electron chi connectivity index (χ4n) is 1.61. The molecular weight excluding hydrogens is 206 g/mol. The van der Waals surface area contributed by atoms with E-state index in [2.05, 4.69) is 0 Å². The fourth-order valence-corrected chi connectivity index (χ4v) is 1.61. The average molecular weight is 221 g/mol. The molecule has 0 saturated carbocycles. The van der Waals surface area contributed by atoms with Crippen LogP contribution in [0, 0.1) is 16.0 Å². The van der Waals surface area contributed by atoms with E-state index < -0.39 is 4.92 Å². The number of Topliss-reactive ketones (excluding diaryl/α,β-unsaturated/α-hetero) is 1. The number of ketones is 1. The summed E-state index contributed by atoms with van der Waals surface area (Å²) in [5.74, 6) is 0.110. The lowest BCUT2D eigenvalue weighted by molar-refractivity contribution is -0.384. The Morgan fingerprint density at radius 3 is 2.75 bits per heavy atom. The summed E-state index contributed by atoms with van der Waals surface area (Å²) in [5, 5.41) is 10.6. The summed E-state index contributed by atoms with van der Waals surface area (Å²) in [6, 6.07) is 6.44. The highest BCUT2D eigenvalue weighted by Gasteiger charge is 2.13. The number of hydrogen-bond acceptors (Lipinski definition) is 3. The van der Waals surface area contributed by atoms with Crippen LogP contribution in [0.4, 0.5) is 5.69 Å². The Labute approximate surface area is 94.4 Å². The molecule has 1 atom stereocenters. The van der Waals surface area contributed by atoms with Crippen molar-refractivity contribution in [3.63, 3.8) is 0 Å². The van der Waals surface area contributed by atoms with E-state index in [-0.39, 0.29) is 17.4 Å². The maximum atomic E-state index is 11.4. The van der Waals surface area contributed by atoms with Crippen molar-refractivity contribution < 1.29 is 9.72 Å². The minimum atomic E-state index is -0.421. The number of carbonyl (C=O) groups is 1. The monoisotopic (exact) mass is 221 g/mol. The highest BCUT2D eigenvalue weighted by atomic mass is 16.6. The van der Waals surface area contributed by atoms with Crippen molar-refractivity contribution in [1.29, 1.82) is 0 Å².